The molecule has 0 amide bonds. The zero-order chi connectivity index (χ0) is 12.1. The Balaban J connectivity index is 1.97. The second-order valence-electron chi connectivity index (χ2n) is 3.81. The third-order valence-electron chi connectivity index (χ3n) is 2.40. The van der Waals surface area contributed by atoms with Crippen molar-refractivity contribution < 1.29 is 9.47 Å². The Bertz CT molecular complexity index is 480. The fraction of sp³-hybridized carbons (Fsp3) is 0.214. The van der Waals surface area contributed by atoms with Crippen molar-refractivity contribution in [3.8, 4) is 11.6 Å². The van der Waals surface area contributed by atoms with E-state index in [0.29, 0.717) is 12.5 Å². The van der Waals surface area contributed by atoms with Crippen LogP contribution in [0.1, 0.15) is 11.1 Å². The zero-order valence-electron chi connectivity index (χ0n) is 10.0. The molecule has 0 spiro atoms. The number of benzene rings is 1. The van der Waals surface area contributed by atoms with E-state index in [1.54, 1.807) is 13.3 Å². The summed E-state index contributed by atoms with van der Waals surface area (Å²) in [5.41, 5.74) is 2.21. The van der Waals surface area contributed by atoms with Crippen LogP contribution in [-0.2, 0) is 6.61 Å². The highest BCUT2D eigenvalue weighted by molar-refractivity contribution is 5.28. The molecular formula is C14H15NO2. The van der Waals surface area contributed by atoms with Gasteiger partial charge in [-0.15, -0.1) is 0 Å². The van der Waals surface area contributed by atoms with Crippen LogP contribution in [0.2, 0.25) is 0 Å². The molecule has 3 nitrogen and oxygen atoms in total. The molecule has 0 aliphatic rings. The first-order valence-corrected chi connectivity index (χ1v) is 5.46. The van der Waals surface area contributed by atoms with Crippen molar-refractivity contribution in [1.29, 1.82) is 0 Å². The van der Waals surface area contributed by atoms with Crippen molar-refractivity contribution in [1.82, 2.24) is 4.98 Å². The van der Waals surface area contributed by atoms with Crippen LogP contribution in [0.3, 0.4) is 0 Å². The summed E-state index contributed by atoms with van der Waals surface area (Å²) in [4.78, 5) is 4.12. The highest BCUT2D eigenvalue weighted by atomic mass is 16.5. The van der Waals surface area contributed by atoms with Gasteiger partial charge in [-0.1, -0.05) is 12.1 Å². The molecule has 1 aromatic heterocycles. The van der Waals surface area contributed by atoms with Crippen molar-refractivity contribution in [2.24, 2.45) is 0 Å². The average molecular weight is 229 g/mol. The largest absolute Gasteiger partial charge is 0.489 e. The molecule has 88 valence electrons. The lowest BCUT2D eigenvalue weighted by Gasteiger charge is -2.07. The van der Waals surface area contributed by atoms with Crippen LogP contribution in [0.5, 0.6) is 11.6 Å². The number of nitrogens with zero attached hydrogens (tertiary/aromatic N) is 1. The van der Waals surface area contributed by atoms with E-state index in [-0.39, 0.29) is 0 Å². The van der Waals surface area contributed by atoms with Gasteiger partial charge in [-0.05, 0) is 30.7 Å². The van der Waals surface area contributed by atoms with Crippen LogP contribution < -0.4 is 9.47 Å². The molecule has 0 atom stereocenters. The minimum Gasteiger partial charge on any atom is -0.489 e. The molecule has 0 saturated heterocycles. The molecule has 0 bridgehead atoms. The molecule has 0 radical (unpaired) electrons. The van der Waals surface area contributed by atoms with Crippen molar-refractivity contribution >= 4 is 0 Å². The lowest BCUT2D eigenvalue weighted by molar-refractivity contribution is 0.305. The first-order chi connectivity index (χ1) is 8.28. The number of pyridine rings is 1. The zero-order valence-corrected chi connectivity index (χ0v) is 10.0. The van der Waals surface area contributed by atoms with Gasteiger partial charge >= 0.3 is 0 Å². The van der Waals surface area contributed by atoms with Crippen molar-refractivity contribution in [3.63, 3.8) is 0 Å². The number of hydrogen-bond donors (Lipinski definition) is 0. The molecule has 3 heteroatoms. The summed E-state index contributed by atoms with van der Waals surface area (Å²) in [6.07, 6.45) is 1.76. The molecule has 0 aliphatic carbocycles. The maximum absolute atomic E-state index is 5.67. The van der Waals surface area contributed by atoms with E-state index in [0.717, 1.165) is 11.3 Å². The van der Waals surface area contributed by atoms with Crippen LogP contribution >= 0.6 is 0 Å². The van der Waals surface area contributed by atoms with Gasteiger partial charge in [0.2, 0.25) is 5.88 Å². The first kappa shape index (κ1) is 11.5. The molecule has 0 aliphatic heterocycles. The molecule has 17 heavy (non-hydrogen) atoms. The minimum absolute atomic E-state index is 0.514. The summed E-state index contributed by atoms with van der Waals surface area (Å²) in [5, 5.41) is 0. The SMILES string of the molecule is COc1ccc(COc2cccc(C)c2)cn1. The van der Waals surface area contributed by atoms with Gasteiger partial charge in [0, 0.05) is 17.8 Å². The van der Waals surface area contributed by atoms with Gasteiger partial charge in [0.1, 0.15) is 12.4 Å². The minimum atomic E-state index is 0.514. The molecule has 0 fully saturated rings. The summed E-state index contributed by atoms with van der Waals surface area (Å²) < 4.78 is 10.7. The van der Waals surface area contributed by atoms with Crippen LogP contribution in [0, 0.1) is 6.92 Å². The summed E-state index contributed by atoms with van der Waals surface area (Å²) in [6.45, 7) is 2.56. The molecule has 1 heterocycles. The van der Waals surface area contributed by atoms with E-state index in [4.69, 9.17) is 9.47 Å². The van der Waals surface area contributed by atoms with E-state index in [1.807, 2.05) is 43.3 Å². The monoisotopic (exact) mass is 229 g/mol. The molecule has 0 unspecified atom stereocenters. The molecule has 1 aromatic carbocycles. The van der Waals surface area contributed by atoms with Gasteiger partial charge in [-0.25, -0.2) is 4.98 Å². The maximum atomic E-state index is 5.67. The lowest BCUT2D eigenvalue weighted by Crippen LogP contribution is -1.97. The maximum Gasteiger partial charge on any atom is 0.212 e. The standard InChI is InChI=1S/C14H15NO2/c1-11-4-3-5-13(8-11)17-10-12-6-7-14(16-2)15-9-12/h3-9H,10H2,1-2H3. The third kappa shape index (κ3) is 3.21. The Morgan fingerprint density at radius 1 is 1.18 bits per heavy atom. The molecule has 2 aromatic rings. The van der Waals surface area contributed by atoms with Gasteiger partial charge in [0.15, 0.2) is 0 Å². The van der Waals surface area contributed by atoms with Gasteiger partial charge in [0.25, 0.3) is 0 Å². The summed E-state index contributed by atoms with van der Waals surface area (Å²) in [6, 6.07) is 11.8. The van der Waals surface area contributed by atoms with Gasteiger partial charge in [-0.2, -0.15) is 0 Å². The number of methoxy groups -OCH3 is 1. The van der Waals surface area contributed by atoms with Gasteiger partial charge in [-0.3, -0.25) is 0 Å². The Morgan fingerprint density at radius 3 is 2.71 bits per heavy atom. The Morgan fingerprint density at radius 2 is 2.06 bits per heavy atom. The van der Waals surface area contributed by atoms with E-state index < -0.39 is 0 Å². The second kappa shape index (κ2) is 5.34. The second-order valence-corrected chi connectivity index (χ2v) is 3.81. The van der Waals surface area contributed by atoms with Gasteiger partial charge in [0.05, 0.1) is 7.11 Å². The van der Waals surface area contributed by atoms with Crippen molar-refractivity contribution in [2.45, 2.75) is 13.5 Å². The third-order valence-corrected chi connectivity index (χ3v) is 2.40. The molecular weight excluding hydrogens is 214 g/mol. The number of hydrogen-bond acceptors (Lipinski definition) is 3. The van der Waals surface area contributed by atoms with E-state index in [1.165, 1.54) is 5.56 Å². The highest BCUT2D eigenvalue weighted by Gasteiger charge is 1.98. The molecule has 0 N–H and O–H groups in total. The highest BCUT2D eigenvalue weighted by Crippen LogP contribution is 2.15. The number of aromatic nitrogens is 1. The molecule has 0 saturated carbocycles. The predicted octanol–water partition coefficient (Wildman–Crippen LogP) is 2.98. The summed E-state index contributed by atoms with van der Waals surface area (Å²) in [5.74, 6) is 1.49. The van der Waals surface area contributed by atoms with Crippen molar-refractivity contribution in [3.05, 3.63) is 53.7 Å². The quantitative estimate of drug-likeness (QED) is 0.807. The first-order valence-electron chi connectivity index (χ1n) is 5.46. The van der Waals surface area contributed by atoms with Crippen LogP contribution in [-0.4, -0.2) is 12.1 Å². The fourth-order valence-corrected chi connectivity index (χ4v) is 1.49. The Kier molecular flexibility index (Phi) is 3.60. The predicted molar refractivity (Wildman–Crippen MR) is 66.3 cm³/mol. The van der Waals surface area contributed by atoms with Crippen LogP contribution in [0.25, 0.3) is 0 Å². The smallest absolute Gasteiger partial charge is 0.212 e. The van der Waals surface area contributed by atoms with Gasteiger partial charge < -0.3 is 9.47 Å². The topological polar surface area (TPSA) is 31.4 Å². The molecule has 2 rings (SSSR count). The average Bonchev–Trinajstić information content (AvgIpc) is 2.37. The normalized spacial score (nSPS) is 10.0. The van der Waals surface area contributed by atoms with E-state index >= 15 is 0 Å². The fourth-order valence-electron chi connectivity index (χ4n) is 1.49. The lowest BCUT2D eigenvalue weighted by atomic mass is 10.2. The Labute approximate surface area is 101 Å². The van der Waals surface area contributed by atoms with Crippen LogP contribution in [0.4, 0.5) is 0 Å². The number of rotatable bonds is 4. The Hall–Kier alpha value is -2.03. The summed E-state index contributed by atoms with van der Waals surface area (Å²) in [7, 11) is 1.60. The van der Waals surface area contributed by atoms with Crippen molar-refractivity contribution in [2.75, 3.05) is 7.11 Å². The van der Waals surface area contributed by atoms with E-state index in [2.05, 4.69) is 4.98 Å². The van der Waals surface area contributed by atoms with Crippen LogP contribution in [0.15, 0.2) is 42.6 Å². The summed E-state index contributed by atoms with van der Waals surface area (Å²) >= 11 is 0. The number of ether oxygens (including phenoxy) is 2. The van der Waals surface area contributed by atoms with E-state index in [9.17, 15) is 0 Å². The number of aryl methyl sites for hydroxylation is 1.